The number of para-hydroxylation sites is 1. The van der Waals surface area contributed by atoms with Crippen LogP contribution in [0.4, 0.5) is 5.82 Å². The number of benzene rings is 2. The number of nitrogens with zero attached hydrogens (tertiary/aromatic N) is 6. The minimum Gasteiger partial charge on any atom is -0.344 e. The van der Waals surface area contributed by atoms with E-state index >= 15 is 0 Å². The number of hydrogen-bond donors (Lipinski definition) is 3. The molecule has 0 spiro atoms. The number of nitrogens with two attached hydrogens (primary N) is 1. The number of fused-ring (bicyclic) bond motifs is 1. The Kier molecular flexibility index (Phi) is 7.34. The van der Waals surface area contributed by atoms with Crippen molar-refractivity contribution >= 4 is 38.4 Å². The summed E-state index contributed by atoms with van der Waals surface area (Å²) in [5.41, 5.74) is 4.30. The molecule has 0 saturated heterocycles. The van der Waals surface area contributed by atoms with Crippen molar-refractivity contribution in [1.29, 1.82) is 0 Å². The molecule has 4 heterocycles. The fourth-order valence-electron chi connectivity index (χ4n) is 6.27. The molecule has 1 aliphatic rings. The van der Waals surface area contributed by atoms with Gasteiger partial charge in [0, 0.05) is 36.9 Å². The van der Waals surface area contributed by atoms with E-state index in [2.05, 4.69) is 37.1 Å². The number of carbonyl (C=O) groups is 1. The van der Waals surface area contributed by atoms with E-state index < -0.39 is 22.2 Å². The number of hydrogen-bond acceptors (Lipinski definition) is 7. The summed E-state index contributed by atoms with van der Waals surface area (Å²) in [5, 5.41) is 18.0. The van der Waals surface area contributed by atoms with Gasteiger partial charge in [0.05, 0.1) is 28.9 Å². The van der Waals surface area contributed by atoms with Crippen LogP contribution in [0.2, 0.25) is 0 Å². The van der Waals surface area contributed by atoms with Gasteiger partial charge in [-0.2, -0.15) is 13.5 Å². The molecule has 6 aromatic rings. The average molecular weight is 648 g/mol. The third-order valence-electron chi connectivity index (χ3n) is 8.11. The zero-order valence-corrected chi connectivity index (χ0v) is 26.2. The minimum absolute atomic E-state index is 0.108. The van der Waals surface area contributed by atoms with Crippen molar-refractivity contribution < 1.29 is 13.2 Å². The molecule has 0 radical (unpaired) electrons. The Morgan fingerprint density at radius 1 is 1.06 bits per heavy atom. The average Bonchev–Trinajstić information content (AvgIpc) is 3.63. The van der Waals surface area contributed by atoms with Crippen LogP contribution in [0.25, 0.3) is 22.1 Å². The lowest BCUT2D eigenvalue weighted by Crippen LogP contribution is -2.35. The number of aryl methyl sites for hydroxylation is 3. The van der Waals surface area contributed by atoms with Crippen molar-refractivity contribution in [2.75, 3.05) is 4.72 Å². The van der Waals surface area contributed by atoms with Crippen molar-refractivity contribution in [2.45, 2.75) is 32.2 Å². The van der Waals surface area contributed by atoms with E-state index in [1.54, 1.807) is 28.4 Å². The smallest absolute Gasteiger partial charge is 0.297 e. The maximum atomic E-state index is 14.7. The highest BCUT2D eigenvalue weighted by molar-refractivity contribution is 7.90. The van der Waals surface area contributed by atoms with Crippen molar-refractivity contribution in [1.82, 2.24) is 34.3 Å². The second-order valence-electron chi connectivity index (χ2n) is 11.3. The SMILES string of the molecule is C[C@H](NC(=O)c1c(NS(N)(=O)=O)nn2cccnc12)c1c2c3c(ccc(C#Cc4cnn(C)c4)c3c(=O)n1-c1ccccc1)CCC2. The molecule has 236 valence electrons. The first-order valence-electron chi connectivity index (χ1n) is 14.8. The molecule has 1 amide bonds. The van der Waals surface area contributed by atoms with Crippen molar-refractivity contribution in [3.8, 4) is 17.5 Å². The van der Waals surface area contributed by atoms with Crippen molar-refractivity contribution in [2.24, 2.45) is 12.2 Å². The van der Waals surface area contributed by atoms with Gasteiger partial charge in [0.2, 0.25) is 0 Å². The zero-order valence-electron chi connectivity index (χ0n) is 25.4. The Bertz CT molecular complexity index is 2450. The van der Waals surface area contributed by atoms with Crippen LogP contribution in [0.1, 0.15) is 57.7 Å². The highest BCUT2D eigenvalue weighted by atomic mass is 32.2. The number of pyridine rings is 1. The van der Waals surface area contributed by atoms with Gasteiger partial charge in [-0.05, 0) is 67.0 Å². The van der Waals surface area contributed by atoms with E-state index in [-0.39, 0.29) is 22.6 Å². The molecular weight excluding hydrogens is 618 g/mol. The summed E-state index contributed by atoms with van der Waals surface area (Å²) in [5.74, 6) is 5.43. The Hall–Kier alpha value is -5.78. The molecule has 0 unspecified atom stereocenters. The molecule has 47 heavy (non-hydrogen) atoms. The van der Waals surface area contributed by atoms with Crippen LogP contribution in [0.15, 0.2) is 78.1 Å². The van der Waals surface area contributed by atoms with E-state index in [1.165, 1.54) is 16.9 Å². The second kappa shape index (κ2) is 11.5. The Balaban J connectivity index is 1.42. The monoisotopic (exact) mass is 647 g/mol. The third-order valence-corrected chi connectivity index (χ3v) is 8.59. The third kappa shape index (κ3) is 5.51. The molecule has 7 rings (SSSR count). The van der Waals surface area contributed by atoms with Gasteiger partial charge in [-0.25, -0.2) is 14.6 Å². The fourth-order valence-corrected chi connectivity index (χ4v) is 6.68. The molecule has 1 atom stereocenters. The van der Waals surface area contributed by atoms with Gasteiger partial charge in [-0.15, -0.1) is 5.10 Å². The maximum absolute atomic E-state index is 14.7. The van der Waals surface area contributed by atoms with Gasteiger partial charge in [0.1, 0.15) is 5.56 Å². The summed E-state index contributed by atoms with van der Waals surface area (Å²) in [6.45, 7) is 1.79. The lowest BCUT2D eigenvalue weighted by Gasteiger charge is -2.28. The number of nitrogens with one attached hydrogen (secondary N) is 2. The summed E-state index contributed by atoms with van der Waals surface area (Å²) in [4.78, 5) is 32.9. The number of carbonyl (C=O) groups excluding carboxylic acids is 1. The fraction of sp³-hybridized carbons (Fsp3) is 0.182. The van der Waals surface area contributed by atoms with Crippen LogP contribution in [0, 0.1) is 11.8 Å². The highest BCUT2D eigenvalue weighted by Crippen LogP contribution is 2.36. The molecule has 14 heteroatoms. The van der Waals surface area contributed by atoms with Gasteiger partial charge in [-0.1, -0.05) is 36.1 Å². The van der Waals surface area contributed by atoms with Gasteiger partial charge in [0.15, 0.2) is 11.5 Å². The summed E-state index contributed by atoms with van der Waals surface area (Å²) >= 11 is 0. The summed E-state index contributed by atoms with van der Waals surface area (Å²) in [6, 6.07) is 14.0. The largest absolute Gasteiger partial charge is 0.344 e. The zero-order chi connectivity index (χ0) is 32.9. The van der Waals surface area contributed by atoms with Crippen LogP contribution < -0.4 is 20.7 Å². The lowest BCUT2D eigenvalue weighted by atomic mass is 9.85. The number of amides is 1. The predicted molar refractivity (Wildman–Crippen MR) is 176 cm³/mol. The minimum atomic E-state index is -4.26. The molecule has 0 saturated carbocycles. The van der Waals surface area contributed by atoms with E-state index in [9.17, 15) is 18.0 Å². The quantitative estimate of drug-likeness (QED) is 0.233. The van der Waals surface area contributed by atoms with E-state index in [4.69, 9.17) is 5.14 Å². The Labute approximate surface area is 269 Å². The maximum Gasteiger partial charge on any atom is 0.297 e. The molecule has 2 aromatic carbocycles. The van der Waals surface area contributed by atoms with Crippen molar-refractivity contribution in [3.63, 3.8) is 0 Å². The van der Waals surface area contributed by atoms with E-state index in [0.717, 1.165) is 34.9 Å². The molecule has 13 nitrogen and oxygen atoms in total. The van der Waals surface area contributed by atoms with Gasteiger partial charge < -0.3 is 5.32 Å². The van der Waals surface area contributed by atoms with Crippen molar-refractivity contribution in [3.05, 3.63) is 117 Å². The second-order valence-corrected chi connectivity index (χ2v) is 12.6. The van der Waals surface area contributed by atoms with Crippen LogP contribution in [-0.2, 0) is 30.1 Å². The van der Waals surface area contributed by atoms with Gasteiger partial charge in [-0.3, -0.25) is 23.6 Å². The van der Waals surface area contributed by atoms with Gasteiger partial charge >= 0.3 is 0 Å². The molecule has 1 aliphatic carbocycles. The Morgan fingerprint density at radius 3 is 2.62 bits per heavy atom. The number of aromatic nitrogens is 6. The summed E-state index contributed by atoms with van der Waals surface area (Å²) in [7, 11) is -2.45. The van der Waals surface area contributed by atoms with E-state index in [0.29, 0.717) is 28.8 Å². The number of rotatable bonds is 6. The van der Waals surface area contributed by atoms with Gasteiger partial charge in [0.25, 0.3) is 21.7 Å². The first-order chi connectivity index (χ1) is 22.6. The standard InChI is InChI=1S/C33H29N9O4S/c1-20(37-32(43)28-30(39-47(34,45)46)38-41-17-7-16-35-31(28)41)29-25-11-6-8-22-14-15-23(13-12-21-18-36-40(2)19-21)27(26(22)25)33(44)42(29)24-9-4-3-5-10-24/h3-5,7,9-10,14-20H,6,8,11H2,1-2H3,(H,37,43)(H,38,39)(H2,34,45,46)/t20-/m0/s1. The first kappa shape index (κ1) is 29.9. The molecule has 0 bridgehead atoms. The Morgan fingerprint density at radius 2 is 1.87 bits per heavy atom. The normalized spacial score (nSPS) is 13.3. The molecular formula is C33H29N9O4S. The van der Waals surface area contributed by atoms with Crippen LogP contribution >= 0.6 is 0 Å². The lowest BCUT2D eigenvalue weighted by molar-refractivity contribution is 0.0941. The molecule has 0 aliphatic heterocycles. The number of anilines is 1. The molecule has 0 fully saturated rings. The topological polar surface area (TPSA) is 171 Å². The summed E-state index contributed by atoms with van der Waals surface area (Å²) < 4.78 is 30.6. The highest BCUT2D eigenvalue weighted by Gasteiger charge is 2.30. The molecule has 4 aromatic heterocycles. The molecule has 4 N–H and O–H groups in total. The van der Waals surface area contributed by atoms with Crippen LogP contribution in [0.5, 0.6) is 0 Å². The van der Waals surface area contributed by atoms with Crippen LogP contribution in [-0.4, -0.2) is 43.3 Å². The summed E-state index contributed by atoms with van der Waals surface area (Å²) in [6.07, 6.45) is 8.80. The predicted octanol–water partition coefficient (Wildman–Crippen LogP) is 2.76. The van der Waals surface area contributed by atoms with Crippen LogP contribution in [0.3, 0.4) is 0 Å². The first-order valence-corrected chi connectivity index (χ1v) is 16.4. The van der Waals surface area contributed by atoms with E-state index in [1.807, 2.05) is 55.7 Å².